The molecule has 3 aliphatic heterocycles. The van der Waals surface area contributed by atoms with E-state index in [0.717, 1.165) is 0 Å². The Morgan fingerprint density at radius 1 is 1.37 bits per heavy atom. The number of benzene rings is 1. The number of anilines is 1. The van der Waals surface area contributed by atoms with Crippen LogP contribution in [0.15, 0.2) is 36.9 Å². The van der Waals surface area contributed by atoms with Crippen LogP contribution >= 0.6 is 0 Å². The molecule has 2 amide bonds. The summed E-state index contributed by atoms with van der Waals surface area (Å²) in [4.78, 5) is 43.6. The number of carboxylic acids is 1. The zero-order chi connectivity index (χ0) is 25.7. The number of carbonyl (C=O) groups excluding carboxylic acids is 2. The molecule has 3 unspecified atom stereocenters. The van der Waals surface area contributed by atoms with Crippen molar-refractivity contribution in [3.05, 3.63) is 36.9 Å². The molecule has 2 bridgehead atoms. The molecule has 3 heterocycles. The number of aliphatic hydroxyl groups excluding tert-OH is 1. The molecule has 1 aromatic rings. The average molecular weight is 487 g/mol. The highest BCUT2D eigenvalue weighted by Crippen LogP contribution is 2.65. The largest absolute Gasteiger partial charge is 0.497 e. The molecule has 0 saturated carbocycles. The van der Waals surface area contributed by atoms with Gasteiger partial charge < -0.3 is 29.5 Å². The number of carbonyl (C=O) groups is 3. The van der Waals surface area contributed by atoms with Gasteiger partial charge in [0.2, 0.25) is 5.91 Å². The predicted octanol–water partition coefficient (Wildman–Crippen LogP) is 2.08. The molecule has 9 heteroatoms. The molecule has 0 aliphatic carbocycles. The first-order valence-corrected chi connectivity index (χ1v) is 12.0. The van der Waals surface area contributed by atoms with Gasteiger partial charge in [0, 0.05) is 12.2 Å². The number of methoxy groups -OCH3 is 1. The van der Waals surface area contributed by atoms with Crippen LogP contribution < -0.4 is 9.64 Å². The third kappa shape index (κ3) is 3.47. The molecule has 1 spiro atoms. The van der Waals surface area contributed by atoms with Crippen LogP contribution in [-0.4, -0.2) is 76.4 Å². The Labute approximate surface area is 205 Å². The topological polar surface area (TPSA) is 117 Å². The normalized spacial score (nSPS) is 34.0. The fourth-order valence-electron chi connectivity index (χ4n) is 6.50. The van der Waals surface area contributed by atoms with Crippen molar-refractivity contribution in [3.8, 4) is 5.75 Å². The fraction of sp³-hybridized carbons (Fsp3) is 0.577. The number of hydrogen-bond acceptors (Lipinski definition) is 6. The maximum absolute atomic E-state index is 14.3. The van der Waals surface area contributed by atoms with Crippen molar-refractivity contribution in [1.82, 2.24) is 4.90 Å². The summed E-state index contributed by atoms with van der Waals surface area (Å²) in [5.74, 6) is -3.57. The van der Waals surface area contributed by atoms with Crippen molar-refractivity contribution in [2.75, 3.05) is 25.2 Å². The van der Waals surface area contributed by atoms with Crippen molar-refractivity contribution in [2.45, 2.75) is 56.9 Å². The van der Waals surface area contributed by atoms with Crippen LogP contribution in [0.3, 0.4) is 0 Å². The molecule has 3 fully saturated rings. The standard InChI is InChI=1S/C26H34N2O7/c1-6-12-27(17-8-10-18(34-5)11-9-17)23(31)21-26-13-15(3)25(4,35-26)20(24(32)33)19(26)22(30)28(21)16(7-2)14-29/h6,8-11,15-16,19-21,29H,1,7,12-14H2,2-5H3,(H,32,33)/t15?,16-,19-,20-,21?,25+,26?/m0/s1. The van der Waals surface area contributed by atoms with Crippen molar-refractivity contribution in [3.63, 3.8) is 0 Å². The summed E-state index contributed by atoms with van der Waals surface area (Å²) in [7, 11) is 1.55. The summed E-state index contributed by atoms with van der Waals surface area (Å²) in [5.41, 5.74) is -1.78. The lowest BCUT2D eigenvalue weighted by Crippen LogP contribution is -2.59. The number of aliphatic carboxylic acids is 1. The van der Waals surface area contributed by atoms with Crippen LogP contribution in [0.4, 0.5) is 5.69 Å². The number of nitrogens with zero attached hydrogens (tertiary/aromatic N) is 2. The Bertz CT molecular complexity index is 1020. The van der Waals surface area contributed by atoms with Gasteiger partial charge >= 0.3 is 5.97 Å². The monoisotopic (exact) mass is 486 g/mol. The number of ether oxygens (including phenoxy) is 2. The van der Waals surface area contributed by atoms with Crippen LogP contribution in [-0.2, 0) is 19.1 Å². The molecule has 9 nitrogen and oxygen atoms in total. The van der Waals surface area contributed by atoms with Crippen LogP contribution in [0.2, 0.25) is 0 Å². The smallest absolute Gasteiger partial charge is 0.310 e. The van der Waals surface area contributed by atoms with Gasteiger partial charge in [-0.15, -0.1) is 6.58 Å². The molecule has 2 N–H and O–H groups in total. The Morgan fingerprint density at radius 2 is 2.03 bits per heavy atom. The van der Waals surface area contributed by atoms with Gasteiger partial charge in [-0.1, -0.05) is 19.9 Å². The lowest BCUT2D eigenvalue weighted by molar-refractivity contribution is -0.157. The lowest BCUT2D eigenvalue weighted by atomic mass is 9.62. The number of aliphatic hydroxyl groups is 1. The third-order valence-corrected chi connectivity index (χ3v) is 8.29. The highest BCUT2D eigenvalue weighted by molar-refractivity contribution is 6.05. The molecule has 190 valence electrons. The van der Waals surface area contributed by atoms with Gasteiger partial charge in [-0.25, -0.2) is 0 Å². The SMILES string of the molecule is C=CCN(C(=O)C1N([C@@H](CC)CO)C(=O)[C@@H]2[C@@H](C(=O)O)[C@]3(C)OC12CC3C)c1ccc(OC)cc1. The van der Waals surface area contributed by atoms with Crippen molar-refractivity contribution in [2.24, 2.45) is 17.8 Å². The number of hydrogen-bond donors (Lipinski definition) is 2. The van der Waals surface area contributed by atoms with Crippen LogP contribution in [0.1, 0.15) is 33.6 Å². The molecule has 0 aromatic heterocycles. The number of amides is 2. The quantitative estimate of drug-likeness (QED) is 0.513. The van der Waals surface area contributed by atoms with Crippen LogP contribution in [0, 0.1) is 17.8 Å². The van der Waals surface area contributed by atoms with Gasteiger partial charge in [0.25, 0.3) is 5.91 Å². The zero-order valence-electron chi connectivity index (χ0n) is 20.6. The second kappa shape index (κ2) is 8.95. The number of rotatable bonds is 9. The van der Waals surface area contributed by atoms with E-state index in [4.69, 9.17) is 9.47 Å². The summed E-state index contributed by atoms with van der Waals surface area (Å²) < 4.78 is 11.7. The Morgan fingerprint density at radius 3 is 2.54 bits per heavy atom. The van der Waals surface area contributed by atoms with E-state index in [9.17, 15) is 24.6 Å². The first kappa shape index (κ1) is 25.2. The number of carboxylic acid groups (broad SMARTS) is 1. The Hall–Kier alpha value is -2.91. The summed E-state index contributed by atoms with van der Waals surface area (Å²) in [6, 6.07) is 5.25. The second-order valence-corrected chi connectivity index (χ2v) is 9.97. The first-order valence-electron chi connectivity index (χ1n) is 12.0. The Balaban J connectivity index is 1.86. The molecule has 1 aromatic carbocycles. The highest BCUT2D eigenvalue weighted by Gasteiger charge is 2.80. The highest BCUT2D eigenvalue weighted by atomic mass is 16.5. The third-order valence-electron chi connectivity index (χ3n) is 8.29. The minimum absolute atomic E-state index is 0.175. The van der Waals surface area contributed by atoms with E-state index in [-0.39, 0.29) is 25.0 Å². The van der Waals surface area contributed by atoms with E-state index in [1.54, 1.807) is 44.4 Å². The molecular weight excluding hydrogens is 452 g/mol. The minimum atomic E-state index is -1.29. The number of fused-ring (bicyclic) bond motifs is 1. The molecule has 7 atom stereocenters. The Kier molecular flexibility index (Phi) is 6.44. The van der Waals surface area contributed by atoms with Gasteiger partial charge in [0.15, 0.2) is 0 Å². The molecular formula is C26H34N2O7. The molecule has 0 radical (unpaired) electrons. The maximum atomic E-state index is 14.3. The lowest BCUT2D eigenvalue weighted by Gasteiger charge is -2.39. The van der Waals surface area contributed by atoms with Gasteiger partial charge in [-0.2, -0.15) is 0 Å². The summed E-state index contributed by atoms with van der Waals surface area (Å²) in [6.45, 7) is 9.09. The second-order valence-electron chi connectivity index (χ2n) is 9.97. The van der Waals surface area contributed by atoms with E-state index in [1.165, 1.54) is 9.80 Å². The van der Waals surface area contributed by atoms with E-state index in [0.29, 0.717) is 24.3 Å². The summed E-state index contributed by atoms with van der Waals surface area (Å²) in [5, 5.41) is 20.3. The van der Waals surface area contributed by atoms with Crippen molar-refractivity contribution >= 4 is 23.5 Å². The van der Waals surface area contributed by atoms with Gasteiger partial charge in [-0.3, -0.25) is 14.4 Å². The minimum Gasteiger partial charge on any atom is -0.497 e. The van der Waals surface area contributed by atoms with E-state index in [1.807, 2.05) is 13.8 Å². The van der Waals surface area contributed by atoms with Crippen LogP contribution in [0.25, 0.3) is 0 Å². The van der Waals surface area contributed by atoms with E-state index < -0.39 is 47.0 Å². The molecule has 3 aliphatic rings. The van der Waals surface area contributed by atoms with Gasteiger partial charge in [0.1, 0.15) is 23.3 Å². The fourth-order valence-corrected chi connectivity index (χ4v) is 6.50. The predicted molar refractivity (Wildman–Crippen MR) is 128 cm³/mol. The maximum Gasteiger partial charge on any atom is 0.310 e. The van der Waals surface area contributed by atoms with E-state index in [2.05, 4.69) is 6.58 Å². The molecule has 3 saturated heterocycles. The van der Waals surface area contributed by atoms with Crippen molar-refractivity contribution in [1.29, 1.82) is 0 Å². The number of likely N-dealkylation sites (tertiary alicyclic amines) is 1. The summed E-state index contributed by atoms with van der Waals surface area (Å²) in [6.07, 6.45) is 2.38. The van der Waals surface area contributed by atoms with Crippen LogP contribution in [0.5, 0.6) is 5.75 Å². The van der Waals surface area contributed by atoms with Gasteiger partial charge in [-0.05, 0) is 49.9 Å². The van der Waals surface area contributed by atoms with Crippen molar-refractivity contribution < 1.29 is 34.1 Å². The summed E-state index contributed by atoms with van der Waals surface area (Å²) >= 11 is 0. The average Bonchev–Trinajstić information content (AvgIpc) is 3.35. The first-order chi connectivity index (χ1) is 16.6. The van der Waals surface area contributed by atoms with Gasteiger partial charge in [0.05, 0.1) is 31.3 Å². The van der Waals surface area contributed by atoms with E-state index >= 15 is 0 Å². The zero-order valence-corrected chi connectivity index (χ0v) is 20.6. The molecule has 35 heavy (non-hydrogen) atoms. The molecule has 4 rings (SSSR count).